The molecule has 126 valence electrons. The molecule has 0 unspecified atom stereocenters. The van der Waals surface area contributed by atoms with Gasteiger partial charge in [-0.1, -0.05) is 24.6 Å². The Kier molecular flexibility index (Phi) is 6.70. The summed E-state index contributed by atoms with van der Waals surface area (Å²) in [5, 5.41) is 3.27. The first-order valence-electron chi connectivity index (χ1n) is 7.45. The SMILES string of the molecule is CC[C@H](Sc1ccc(Cl)cc1)C(=O)Nc1cccc(C(=O)OC)c1. The van der Waals surface area contributed by atoms with Crippen LogP contribution in [0.4, 0.5) is 5.69 Å². The summed E-state index contributed by atoms with van der Waals surface area (Å²) >= 11 is 7.36. The van der Waals surface area contributed by atoms with Gasteiger partial charge >= 0.3 is 5.97 Å². The quantitative estimate of drug-likeness (QED) is 0.600. The number of anilines is 1. The molecule has 2 rings (SSSR count). The Balaban J connectivity index is 2.06. The van der Waals surface area contributed by atoms with Crippen LogP contribution in [0, 0.1) is 0 Å². The molecule has 0 aliphatic heterocycles. The molecule has 0 heterocycles. The van der Waals surface area contributed by atoms with Crippen molar-refractivity contribution in [1.82, 2.24) is 0 Å². The maximum Gasteiger partial charge on any atom is 0.337 e. The first-order valence-corrected chi connectivity index (χ1v) is 8.70. The lowest BCUT2D eigenvalue weighted by atomic mass is 10.2. The van der Waals surface area contributed by atoms with Crippen molar-refractivity contribution in [1.29, 1.82) is 0 Å². The van der Waals surface area contributed by atoms with Crippen molar-refractivity contribution in [3.63, 3.8) is 0 Å². The topological polar surface area (TPSA) is 55.4 Å². The van der Waals surface area contributed by atoms with E-state index >= 15 is 0 Å². The Labute approximate surface area is 150 Å². The molecule has 0 saturated carbocycles. The van der Waals surface area contributed by atoms with Gasteiger partial charge < -0.3 is 10.1 Å². The number of nitrogens with one attached hydrogen (secondary N) is 1. The summed E-state index contributed by atoms with van der Waals surface area (Å²) in [6, 6.07) is 14.1. The molecular formula is C18H18ClNO3S. The van der Waals surface area contributed by atoms with Crippen molar-refractivity contribution in [3.8, 4) is 0 Å². The van der Waals surface area contributed by atoms with Crippen LogP contribution in [0.2, 0.25) is 5.02 Å². The minimum Gasteiger partial charge on any atom is -0.465 e. The second kappa shape index (κ2) is 8.76. The number of methoxy groups -OCH3 is 1. The Hall–Kier alpha value is -1.98. The summed E-state index contributed by atoms with van der Waals surface area (Å²) in [4.78, 5) is 25.0. The lowest BCUT2D eigenvalue weighted by molar-refractivity contribution is -0.115. The predicted octanol–water partition coefficient (Wildman–Crippen LogP) is 4.64. The van der Waals surface area contributed by atoms with Gasteiger partial charge in [0.15, 0.2) is 0 Å². The number of carbonyl (C=O) groups excluding carboxylic acids is 2. The number of carbonyl (C=O) groups is 2. The summed E-state index contributed by atoms with van der Waals surface area (Å²) in [6.07, 6.45) is 0.676. The third-order valence-electron chi connectivity index (χ3n) is 3.31. The lowest BCUT2D eigenvalue weighted by Crippen LogP contribution is -2.24. The number of rotatable bonds is 6. The highest BCUT2D eigenvalue weighted by Gasteiger charge is 2.18. The van der Waals surface area contributed by atoms with Gasteiger partial charge in [-0.25, -0.2) is 4.79 Å². The Morgan fingerprint density at radius 1 is 1.21 bits per heavy atom. The largest absolute Gasteiger partial charge is 0.465 e. The molecule has 24 heavy (non-hydrogen) atoms. The maximum atomic E-state index is 12.5. The third kappa shape index (κ3) is 5.01. The fourth-order valence-electron chi connectivity index (χ4n) is 2.06. The van der Waals surface area contributed by atoms with Gasteiger partial charge in [-0.15, -0.1) is 11.8 Å². The highest BCUT2D eigenvalue weighted by molar-refractivity contribution is 8.00. The van der Waals surface area contributed by atoms with Crippen molar-refractivity contribution < 1.29 is 14.3 Å². The standard InChI is InChI=1S/C18H18ClNO3S/c1-3-16(24-15-9-7-13(19)8-10-15)17(21)20-14-6-4-5-12(11-14)18(22)23-2/h4-11,16H,3H2,1-2H3,(H,20,21)/t16-/m0/s1. The van der Waals surface area contributed by atoms with E-state index in [-0.39, 0.29) is 11.2 Å². The summed E-state index contributed by atoms with van der Waals surface area (Å²) < 4.78 is 4.69. The summed E-state index contributed by atoms with van der Waals surface area (Å²) in [6.45, 7) is 1.96. The molecule has 1 N–H and O–H groups in total. The Bertz CT molecular complexity index is 718. The zero-order valence-corrected chi connectivity index (χ0v) is 15.0. The van der Waals surface area contributed by atoms with E-state index in [4.69, 9.17) is 11.6 Å². The third-order valence-corrected chi connectivity index (χ3v) is 4.93. The molecule has 0 bridgehead atoms. The molecule has 1 amide bonds. The summed E-state index contributed by atoms with van der Waals surface area (Å²) in [5.74, 6) is -0.548. The number of benzene rings is 2. The van der Waals surface area contributed by atoms with Crippen LogP contribution in [0.25, 0.3) is 0 Å². The normalized spacial score (nSPS) is 11.6. The zero-order chi connectivity index (χ0) is 17.5. The second-order valence-electron chi connectivity index (χ2n) is 5.03. The number of hydrogen-bond acceptors (Lipinski definition) is 4. The monoisotopic (exact) mass is 363 g/mol. The average molecular weight is 364 g/mol. The number of ether oxygens (including phenoxy) is 1. The van der Waals surface area contributed by atoms with E-state index in [1.165, 1.54) is 18.9 Å². The number of halogens is 1. The highest BCUT2D eigenvalue weighted by Crippen LogP contribution is 2.27. The van der Waals surface area contributed by atoms with Crippen LogP contribution in [0.3, 0.4) is 0 Å². The van der Waals surface area contributed by atoms with Crippen LogP contribution in [-0.4, -0.2) is 24.2 Å². The summed E-state index contributed by atoms with van der Waals surface area (Å²) in [5.41, 5.74) is 0.965. The molecule has 0 aromatic heterocycles. The smallest absolute Gasteiger partial charge is 0.337 e. The number of esters is 1. The average Bonchev–Trinajstić information content (AvgIpc) is 2.60. The van der Waals surface area contributed by atoms with E-state index in [0.717, 1.165) is 4.90 Å². The number of thioether (sulfide) groups is 1. The molecule has 0 fully saturated rings. The van der Waals surface area contributed by atoms with E-state index in [0.29, 0.717) is 22.7 Å². The molecule has 0 spiro atoms. The van der Waals surface area contributed by atoms with Gasteiger partial charge in [-0.2, -0.15) is 0 Å². The fraction of sp³-hybridized carbons (Fsp3) is 0.222. The molecule has 0 saturated heterocycles. The molecule has 0 radical (unpaired) electrons. The molecule has 2 aromatic carbocycles. The van der Waals surface area contributed by atoms with Crippen LogP contribution in [-0.2, 0) is 9.53 Å². The molecular weight excluding hydrogens is 346 g/mol. The molecule has 2 aromatic rings. The van der Waals surface area contributed by atoms with Crippen LogP contribution in [0.15, 0.2) is 53.4 Å². The van der Waals surface area contributed by atoms with Crippen LogP contribution >= 0.6 is 23.4 Å². The van der Waals surface area contributed by atoms with Crippen molar-refractivity contribution in [2.75, 3.05) is 12.4 Å². The van der Waals surface area contributed by atoms with Gasteiger partial charge in [-0.3, -0.25) is 4.79 Å². The zero-order valence-electron chi connectivity index (χ0n) is 13.4. The van der Waals surface area contributed by atoms with Crippen molar-refractivity contribution in [3.05, 3.63) is 59.1 Å². The minimum atomic E-state index is -0.436. The van der Waals surface area contributed by atoms with Crippen molar-refractivity contribution >= 4 is 40.9 Å². The first kappa shape index (κ1) is 18.4. The molecule has 4 nitrogen and oxygen atoms in total. The van der Waals surface area contributed by atoms with Gasteiger partial charge in [0, 0.05) is 15.6 Å². The first-order chi connectivity index (χ1) is 11.5. The fourth-order valence-corrected chi connectivity index (χ4v) is 3.14. The highest BCUT2D eigenvalue weighted by atomic mass is 35.5. The Morgan fingerprint density at radius 2 is 1.92 bits per heavy atom. The van der Waals surface area contributed by atoms with E-state index in [9.17, 15) is 9.59 Å². The maximum absolute atomic E-state index is 12.5. The van der Waals surface area contributed by atoms with Gasteiger partial charge in [-0.05, 0) is 48.9 Å². The van der Waals surface area contributed by atoms with Crippen molar-refractivity contribution in [2.45, 2.75) is 23.5 Å². The molecule has 1 atom stereocenters. The van der Waals surface area contributed by atoms with Crippen LogP contribution < -0.4 is 5.32 Å². The van der Waals surface area contributed by atoms with E-state index < -0.39 is 5.97 Å². The molecule has 0 aliphatic rings. The molecule has 6 heteroatoms. The van der Waals surface area contributed by atoms with Crippen molar-refractivity contribution in [2.24, 2.45) is 0 Å². The van der Waals surface area contributed by atoms with Gasteiger partial charge in [0.2, 0.25) is 5.91 Å². The second-order valence-corrected chi connectivity index (χ2v) is 6.74. The van der Waals surface area contributed by atoms with Gasteiger partial charge in [0.1, 0.15) is 0 Å². The number of hydrogen-bond donors (Lipinski definition) is 1. The minimum absolute atomic E-state index is 0.112. The predicted molar refractivity (Wildman–Crippen MR) is 97.8 cm³/mol. The molecule has 0 aliphatic carbocycles. The lowest BCUT2D eigenvalue weighted by Gasteiger charge is -2.15. The van der Waals surface area contributed by atoms with Gasteiger partial charge in [0.25, 0.3) is 0 Å². The Morgan fingerprint density at radius 3 is 2.54 bits per heavy atom. The van der Waals surface area contributed by atoms with E-state index in [2.05, 4.69) is 10.1 Å². The number of amides is 1. The van der Waals surface area contributed by atoms with Gasteiger partial charge in [0.05, 0.1) is 17.9 Å². The van der Waals surface area contributed by atoms with E-state index in [1.54, 1.807) is 36.4 Å². The van der Waals surface area contributed by atoms with Crippen LogP contribution in [0.5, 0.6) is 0 Å². The summed E-state index contributed by atoms with van der Waals surface area (Å²) in [7, 11) is 1.32. The van der Waals surface area contributed by atoms with Crippen LogP contribution in [0.1, 0.15) is 23.7 Å². The van der Waals surface area contributed by atoms with E-state index in [1.807, 2.05) is 19.1 Å².